The standard InChI is InChI=1S/C17H19N3O5S2/c1-11(16(21)18-10-12-5-4-8-24-12)26-17-19-14-9-13(6-7-15(14)25-17)27(22,23)20(2)3/h4-9,11H,10H2,1-3H3,(H,18,21)/t11-/m0/s1. The van der Waals surface area contributed by atoms with Gasteiger partial charge in [0.1, 0.15) is 11.3 Å². The van der Waals surface area contributed by atoms with Crippen molar-refractivity contribution in [1.29, 1.82) is 0 Å². The maximum Gasteiger partial charge on any atom is 0.257 e. The van der Waals surface area contributed by atoms with Crippen molar-refractivity contribution in [1.82, 2.24) is 14.6 Å². The molecule has 0 saturated heterocycles. The molecule has 0 spiro atoms. The average Bonchev–Trinajstić information content (AvgIpc) is 3.27. The van der Waals surface area contributed by atoms with Crippen LogP contribution in [0.3, 0.4) is 0 Å². The number of carbonyl (C=O) groups excluding carboxylic acids is 1. The van der Waals surface area contributed by atoms with Crippen molar-refractivity contribution >= 4 is 38.8 Å². The normalized spacial score (nSPS) is 13.2. The highest BCUT2D eigenvalue weighted by Crippen LogP contribution is 2.28. The smallest absolute Gasteiger partial charge is 0.257 e. The van der Waals surface area contributed by atoms with E-state index in [2.05, 4.69) is 10.3 Å². The van der Waals surface area contributed by atoms with Gasteiger partial charge < -0.3 is 14.2 Å². The van der Waals surface area contributed by atoms with Crippen molar-refractivity contribution in [3.05, 3.63) is 42.4 Å². The van der Waals surface area contributed by atoms with Gasteiger partial charge in [-0.25, -0.2) is 17.7 Å². The number of aromatic nitrogens is 1. The van der Waals surface area contributed by atoms with Crippen LogP contribution in [0.1, 0.15) is 12.7 Å². The number of carbonyl (C=O) groups is 1. The topological polar surface area (TPSA) is 106 Å². The van der Waals surface area contributed by atoms with Crippen molar-refractivity contribution < 1.29 is 22.0 Å². The summed E-state index contributed by atoms with van der Waals surface area (Å²) in [5.41, 5.74) is 0.877. The van der Waals surface area contributed by atoms with E-state index in [4.69, 9.17) is 8.83 Å². The van der Waals surface area contributed by atoms with Crippen LogP contribution in [0.15, 0.2) is 55.5 Å². The molecule has 2 aromatic heterocycles. The van der Waals surface area contributed by atoms with E-state index in [9.17, 15) is 13.2 Å². The molecule has 2 heterocycles. The highest BCUT2D eigenvalue weighted by Gasteiger charge is 2.21. The Balaban J connectivity index is 1.70. The van der Waals surface area contributed by atoms with Gasteiger partial charge in [0.25, 0.3) is 5.22 Å². The molecule has 0 aliphatic carbocycles. The molecular formula is C17H19N3O5S2. The second-order valence-electron chi connectivity index (χ2n) is 5.95. The Morgan fingerprint density at radius 2 is 2.11 bits per heavy atom. The molecule has 10 heteroatoms. The number of amides is 1. The molecule has 0 bridgehead atoms. The second kappa shape index (κ2) is 7.75. The Labute approximate surface area is 161 Å². The first-order valence-electron chi connectivity index (χ1n) is 8.07. The summed E-state index contributed by atoms with van der Waals surface area (Å²) in [6.45, 7) is 2.04. The van der Waals surface area contributed by atoms with Crippen LogP contribution in [0.2, 0.25) is 0 Å². The molecule has 3 rings (SSSR count). The number of sulfonamides is 1. The predicted octanol–water partition coefficient (Wildman–Crippen LogP) is 2.47. The monoisotopic (exact) mass is 409 g/mol. The van der Waals surface area contributed by atoms with E-state index < -0.39 is 15.3 Å². The molecule has 1 atom stereocenters. The third-order valence-electron chi connectivity index (χ3n) is 3.78. The minimum Gasteiger partial charge on any atom is -0.467 e. The number of nitrogens with zero attached hydrogens (tertiary/aromatic N) is 2. The van der Waals surface area contributed by atoms with E-state index in [0.29, 0.717) is 28.6 Å². The highest BCUT2D eigenvalue weighted by molar-refractivity contribution is 8.00. The SMILES string of the molecule is C[C@H](Sc1nc2cc(S(=O)(=O)N(C)C)ccc2o1)C(=O)NCc1ccco1. The van der Waals surface area contributed by atoms with Crippen LogP contribution in [0.25, 0.3) is 11.1 Å². The number of thioether (sulfide) groups is 1. The Morgan fingerprint density at radius 1 is 1.33 bits per heavy atom. The van der Waals surface area contributed by atoms with Gasteiger partial charge in [-0.2, -0.15) is 0 Å². The van der Waals surface area contributed by atoms with Gasteiger partial charge in [0.15, 0.2) is 5.58 Å². The molecule has 3 aromatic rings. The van der Waals surface area contributed by atoms with Gasteiger partial charge in [0.05, 0.1) is 23.0 Å². The van der Waals surface area contributed by atoms with Crippen molar-refractivity contribution in [2.24, 2.45) is 0 Å². The summed E-state index contributed by atoms with van der Waals surface area (Å²) >= 11 is 1.15. The van der Waals surface area contributed by atoms with Crippen molar-refractivity contribution in [2.45, 2.75) is 28.8 Å². The van der Waals surface area contributed by atoms with Gasteiger partial charge >= 0.3 is 0 Å². The Kier molecular flexibility index (Phi) is 5.59. The summed E-state index contributed by atoms with van der Waals surface area (Å²) in [5, 5.41) is 2.62. The lowest BCUT2D eigenvalue weighted by Gasteiger charge is -2.10. The fourth-order valence-electron chi connectivity index (χ4n) is 2.24. The van der Waals surface area contributed by atoms with E-state index in [1.165, 1.54) is 26.2 Å². The summed E-state index contributed by atoms with van der Waals surface area (Å²) < 4.78 is 36.4. The average molecular weight is 409 g/mol. The van der Waals surface area contributed by atoms with Crippen LogP contribution in [-0.4, -0.2) is 43.0 Å². The Morgan fingerprint density at radius 3 is 2.78 bits per heavy atom. The number of fused-ring (bicyclic) bond motifs is 1. The third kappa shape index (κ3) is 4.34. The van der Waals surface area contributed by atoms with E-state index in [-0.39, 0.29) is 10.8 Å². The number of oxazole rings is 1. The largest absolute Gasteiger partial charge is 0.467 e. The van der Waals surface area contributed by atoms with E-state index >= 15 is 0 Å². The fraction of sp³-hybridized carbons (Fsp3) is 0.294. The van der Waals surface area contributed by atoms with Gasteiger partial charge in [0.2, 0.25) is 15.9 Å². The van der Waals surface area contributed by atoms with Crippen LogP contribution in [0.5, 0.6) is 0 Å². The molecule has 0 radical (unpaired) electrons. The number of rotatable bonds is 7. The lowest BCUT2D eigenvalue weighted by molar-refractivity contribution is -0.120. The molecule has 1 amide bonds. The maximum absolute atomic E-state index is 12.2. The molecule has 0 fully saturated rings. The second-order valence-corrected chi connectivity index (χ2v) is 9.40. The summed E-state index contributed by atoms with van der Waals surface area (Å²) in [5.74, 6) is 0.478. The zero-order chi connectivity index (χ0) is 19.6. The molecule has 144 valence electrons. The van der Waals surface area contributed by atoms with E-state index in [0.717, 1.165) is 16.1 Å². The number of furan rings is 1. The first-order valence-corrected chi connectivity index (χ1v) is 10.4. The Hall–Kier alpha value is -2.30. The minimum atomic E-state index is -3.55. The van der Waals surface area contributed by atoms with Gasteiger partial charge in [-0.15, -0.1) is 0 Å². The summed E-state index contributed by atoms with van der Waals surface area (Å²) in [7, 11) is -0.623. The lowest BCUT2D eigenvalue weighted by atomic mass is 10.3. The van der Waals surface area contributed by atoms with Crippen molar-refractivity contribution in [2.75, 3.05) is 14.1 Å². The van der Waals surface area contributed by atoms with Gasteiger partial charge in [-0.3, -0.25) is 4.79 Å². The van der Waals surface area contributed by atoms with Crippen molar-refractivity contribution in [3.8, 4) is 0 Å². The fourth-order valence-corrected chi connectivity index (χ4v) is 3.95. The third-order valence-corrected chi connectivity index (χ3v) is 6.54. The molecule has 1 N–H and O–H groups in total. The predicted molar refractivity (Wildman–Crippen MR) is 101 cm³/mol. The molecule has 0 aliphatic heterocycles. The summed E-state index contributed by atoms with van der Waals surface area (Å²) in [4.78, 5) is 16.6. The van der Waals surface area contributed by atoms with Crippen LogP contribution < -0.4 is 5.32 Å². The van der Waals surface area contributed by atoms with E-state index in [1.807, 2.05) is 0 Å². The zero-order valence-electron chi connectivity index (χ0n) is 15.0. The van der Waals surface area contributed by atoms with E-state index in [1.54, 1.807) is 31.4 Å². The maximum atomic E-state index is 12.2. The molecule has 1 aromatic carbocycles. The Bertz CT molecular complexity index is 1040. The summed E-state index contributed by atoms with van der Waals surface area (Å²) in [6.07, 6.45) is 1.54. The first-order chi connectivity index (χ1) is 12.8. The van der Waals surface area contributed by atoms with Crippen LogP contribution in [0, 0.1) is 0 Å². The van der Waals surface area contributed by atoms with Crippen molar-refractivity contribution in [3.63, 3.8) is 0 Å². The minimum absolute atomic E-state index is 0.133. The number of hydrogen-bond acceptors (Lipinski definition) is 7. The quantitative estimate of drug-likeness (QED) is 0.598. The molecule has 0 saturated carbocycles. The highest BCUT2D eigenvalue weighted by atomic mass is 32.2. The summed E-state index contributed by atoms with van der Waals surface area (Å²) in [6, 6.07) is 8.02. The number of nitrogens with one attached hydrogen (secondary N) is 1. The molecule has 0 unspecified atom stereocenters. The van der Waals surface area contributed by atoms with Gasteiger partial charge in [0, 0.05) is 14.1 Å². The van der Waals surface area contributed by atoms with Crippen LogP contribution >= 0.6 is 11.8 Å². The van der Waals surface area contributed by atoms with Gasteiger partial charge in [-0.05, 0) is 37.3 Å². The number of hydrogen-bond donors (Lipinski definition) is 1. The molecular weight excluding hydrogens is 390 g/mol. The molecule has 8 nitrogen and oxygen atoms in total. The van der Waals surface area contributed by atoms with Gasteiger partial charge in [-0.1, -0.05) is 11.8 Å². The van der Waals surface area contributed by atoms with Crippen LogP contribution in [-0.2, 0) is 21.4 Å². The lowest BCUT2D eigenvalue weighted by Crippen LogP contribution is -2.30. The molecule has 0 aliphatic rings. The van der Waals surface area contributed by atoms with Crippen LogP contribution in [0.4, 0.5) is 0 Å². The first kappa shape index (κ1) is 19.5. The zero-order valence-corrected chi connectivity index (χ0v) is 16.6. The molecule has 27 heavy (non-hydrogen) atoms. The number of benzene rings is 1.